The molecule has 0 radical (unpaired) electrons. The van der Waals surface area contributed by atoms with Crippen molar-refractivity contribution in [3.05, 3.63) is 65.7 Å². The molecular weight excluding hydrogens is 338 g/mol. The number of aliphatic hydroxyl groups excluding tert-OH is 1. The predicted molar refractivity (Wildman–Crippen MR) is 93.4 cm³/mol. The van der Waals surface area contributed by atoms with Crippen LogP contribution in [-0.2, 0) is 19.1 Å². The van der Waals surface area contributed by atoms with Crippen molar-refractivity contribution in [1.29, 1.82) is 0 Å². The highest BCUT2D eigenvalue weighted by atomic mass is 16.6. The third kappa shape index (κ3) is 5.15. The molecule has 2 aromatic carbocycles. The first-order chi connectivity index (χ1) is 12.5. The molecule has 0 spiro atoms. The molecule has 0 aliphatic heterocycles. The second kappa shape index (κ2) is 9.33. The summed E-state index contributed by atoms with van der Waals surface area (Å²) < 4.78 is 9.74. The first-order valence-electron chi connectivity index (χ1n) is 7.98. The van der Waals surface area contributed by atoms with Crippen molar-refractivity contribution in [3.8, 4) is 0 Å². The normalized spacial score (nSPS) is 11.3. The highest BCUT2D eigenvalue weighted by Crippen LogP contribution is 2.17. The van der Waals surface area contributed by atoms with Gasteiger partial charge in [-0.25, -0.2) is 9.59 Å². The molecule has 26 heavy (non-hydrogen) atoms. The van der Waals surface area contributed by atoms with Crippen molar-refractivity contribution < 1.29 is 29.0 Å². The summed E-state index contributed by atoms with van der Waals surface area (Å²) in [6, 6.07) is 14.6. The van der Waals surface area contributed by atoms with E-state index < -0.39 is 30.6 Å². The Labute approximate surface area is 150 Å². The summed E-state index contributed by atoms with van der Waals surface area (Å²) in [5, 5.41) is 12.4. The van der Waals surface area contributed by atoms with Crippen LogP contribution in [-0.4, -0.2) is 36.2 Å². The lowest BCUT2D eigenvalue weighted by atomic mass is 10.1. The summed E-state index contributed by atoms with van der Waals surface area (Å²) in [7, 11) is 0. The molecular formula is C19H19NO6. The predicted octanol–water partition coefficient (Wildman–Crippen LogP) is 2.08. The van der Waals surface area contributed by atoms with E-state index in [1.165, 1.54) is 12.1 Å². The number of nitrogens with one attached hydrogen (secondary N) is 1. The number of aliphatic hydroxyl groups is 1. The lowest BCUT2D eigenvalue weighted by molar-refractivity contribution is -0.156. The summed E-state index contributed by atoms with van der Waals surface area (Å²) in [6.07, 6.45) is -1.48. The van der Waals surface area contributed by atoms with Gasteiger partial charge in [-0.05, 0) is 24.6 Å². The number of benzene rings is 2. The first-order valence-corrected chi connectivity index (χ1v) is 7.98. The van der Waals surface area contributed by atoms with Gasteiger partial charge in [0.05, 0.1) is 17.9 Å². The molecule has 0 aromatic heterocycles. The second-order valence-corrected chi connectivity index (χ2v) is 5.24. The van der Waals surface area contributed by atoms with Crippen LogP contribution in [0.25, 0.3) is 0 Å². The Morgan fingerprint density at radius 1 is 1.00 bits per heavy atom. The summed E-state index contributed by atoms with van der Waals surface area (Å²) in [5.74, 6) is -2.15. The number of carbonyl (C=O) groups is 3. The van der Waals surface area contributed by atoms with Crippen molar-refractivity contribution >= 4 is 23.5 Å². The van der Waals surface area contributed by atoms with Gasteiger partial charge in [0.25, 0.3) is 5.91 Å². The molecule has 0 saturated carbocycles. The monoisotopic (exact) mass is 357 g/mol. The molecule has 7 heteroatoms. The average Bonchev–Trinajstić information content (AvgIpc) is 2.66. The van der Waals surface area contributed by atoms with E-state index in [4.69, 9.17) is 9.47 Å². The van der Waals surface area contributed by atoms with Gasteiger partial charge >= 0.3 is 11.9 Å². The SMILES string of the molecule is CCOC(=O)c1ccccc1NC(=O)COC(=O)[C@@H](O)c1ccccc1. The van der Waals surface area contributed by atoms with Crippen molar-refractivity contribution in [2.24, 2.45) is 0 Å². The number of ether oxygens (including phenoxy) is 2. The van der Waals surface area contributed by atoms with Crippen LogP contribution in [0.15, 0.2) is 54.6 Å². The van der Waals surface area contributed by atoms with Crippen molar-refractivity contribution in [2.75, 3.05) is 18.5 Å². The average molecular weight is 357 g/mol. The van der Waals surface area contributed by atoms with E-state index in [0.717, 1.165) is 0 Å². The van der Waals surface area contributed by atoms with Crippen LogP contribution in [0, 0.1) is 0 Å². The second-order valence-electron chi connectivity index (χ2n) is 5.24. The molecule has 136 valence electrons. The zero-order chi connectivity index (χ0) is 18.9. The van der Waals surface area contributed by atoms with Crippen LogP contribution in [0.4, 0.5) is 5.69 Å². The van der Waals surface area contributed by atoms with Gasteiger partial charge in [0, 0.05) is 0 Å². The van der Waals surface area contributed by atoms with E-state index in [2.05, 4.69) is 5.32 Å². The number of esters is 2. The third-order valence-electron chi connectivity index (χ3n) is 3.38. The van der Waals surface area contributed by atoms with Crippen LogP contribution in [0.3, 0.4) is 0 Å². The minimum Gasteiger partial charge on any atom is -0.462 e. The van der Waals surface area contributed by atoms with Gasteiger partial charge in [-0.15, -0.1) is 0 Å². The van der Waals surface area contributed by atoms with E-state index in [1.54, 1.807) is 49.4 Å². The largest absolute Gasteiger partial charge is 0.462 e. The van der Waals surface area contributed by atoms with E-state index in [-0.39, 0.29) is 17.9 Å². The Kier molecular flexibility index (Phi) is 6.87. The Hall–Kier alpha value is -3.19. The maximum Gasteiger partial charge on any atom is 0.340 e. The molecule has 1 amide bonds. The lowest BCUT2D eigenvalue weighted by Crippen LogP contribution is -2.24. The number of hydrogen-bond donors (Lipinski definition) is 2. The van der Waals surface area contributed by atoms with E-state index in [9.17, 15) is 19.5 Å². The molecule has 2 aromatic rings. The van der Waals surface area contributed by atoms with Crippen molar-refractivity contribution in [1.82, 2.24) is 0 Å². The highest BCUT2D eigenvalue weighted by molar-refractivity contribution is 6.01. The van der Waals surface area contributed by atoms with E-state index in [0.29, 0.717) is 5.56 Å². The van der Waals surface area contributed by atoms with Crippen molar-refractivity contribution in [3.63, 3.8) is 0 Å². The lowest BCUT2D eigenvalue weighted by Gasteiger charge is -2.12. The Balaban J connectivity index is 1.93. The maximum atomic E-state index is 12.0. The fraction of sp³-hybridized carbons (Fsp3) is 0.211. The number of hydrogen-bond acceptors (Lipinski definition) is 6. The number of carbonyl (C=O) groups excluding carboxylic acids is 3. The van der Waals surface area contributed by atoms with Crippen molar-refractivity contribution in [2.45, 2.75) is 13.0 Å². The molecule has 2 rings (SSSR count). The molecule has 0 bridgehead atoms. The zero-order valence-electron chi connectivity index (χ0n) is 14.2. The van der Waals surface area contributed by atoms with Gasteiger partial charge < -0.3 is 19.9 Å². The van der Waals surface area contributed by atoms with Gasteiger partial charge in [-0.1, -0.05) is 42.5 Å². The van der Waals surface area contributed by atoms with E-state index in [1.807, 2.05) is 0 Å². The first kappa shape index (κ1) is 19.1. The number of rotatable bonds is 7. The number of para-hydroxylation sites is 1. The fourth-order valence-electron chi connectivity index (χ4n) is 2.15. The zero-order valence-corrected chi connectivity index (χ0v) is 14.2. The third-order valence-corrected chi connectivity index (χ3v) is 3.38. The van der Waals surface area contributed by atoms with Gasteiger partial charge in [0.15, 0.2) is 12.7 Å². The Bertz CT molecular complexity index is 775. The number of amides is 1. The molecule has 2 N–H and O–H groups in total. The molecule has 0 unspecified atom stereocenters. The molecule has 1 atom stereocenters. The standard InChI is InChI=1S/C19H19NO6/c1-2-25-18(23)14-10-6-7-11-15(14)20-16(21)12-26-19(24)17(22)13-8-4-3-5-9-13/h3-11,17,22H,2,12H2,1H3,(H,20,21)/t17-/m0/s1. The number of anilines is 1. The summed E-state index contributed by atoms with van der Waals surface area (Å²) in [6.45, 7) is 1.28. The minimum absolute atomic E-state index is 0.193. The van der Waals surface area contributed by atoms with Crippen LogP contribution >= 0.6 is 0 Å². The molecule has 0 heterocycles. The smallest absolute Gasteiger partial charge is 0.340 e. The fourth-order valence-corrected chi connectivity index (χ4v) is 2.15. The quantitative estimate of drug-likeness (QED) is 0.736. The van der Waals surface area contributed by atoms with Crippen LogP contribution in [0.1, 0.15) is 28.9 Å². The molecule has 0 aliphatic rings. The molecule has 0 aliphatic carbocycles. The van der Waals surface area contributed by atoms with Crippen LogP contribution < -0.4 is 5.32 Å². The van der Waals surface area contributed by atoms with Gasteiger partial charge in [0.1, 0.15) is 0 Å². The molecule has 7 nitrogen and oxygen atoms in total. The molecule has 0 saturated heterocycles. The Morgan fingerprint density at radius 2 is 1.65 bits per heavy atom. The highest BCUT2D eigenvalue weighted by Gasteiger charge is 2.20. The van der Waals surface area contributed by atoms with Crippen LogP contribution in [0.2, 0.25) is 0 Å². The molecule has 0 fully saturated rings. The summed E-state index contributed by atoms with van der Waals surface area (Å²) >= 11 is 0. The minimum atomic E-state index is -1.48. The summed E-state index contributed by atoms with van der Waals surface area (Å²) in [5.41, 5.74) is 0.805. The maximum absolute atomic E-state index is 12.0. The van der Waals surface area contributed by atoms with Crippen LogP contribution in [0.5, 0.6) is 0 Å². The van der Waals surface area contributed by atoms with Gasteiger partial charge in [0.2, 0.25) is 0 Å². The summed E-state index contributed by atoms with van der Waals surface area (Å²) in [4.78, 5) is 35.7. The van der Waals surface area contributed by atoms with E-state index >= 15 is 0 Å². The topological polar surface area (TPSA) is 102 Å². The Morgan fingerprint density at radius 3 is 2.35 bits per heavy atom. The van der Waals surface area contributed by atoms with Gasteiger partial charge in [-0.2, -0.15) is 0 Å². The van der Waals surface area contributed by atoms with Gasteiger partial charge in [-0.3, -0.25) is 4.79 Å².